The van der Waals surface area contributed by atoms with Crippen LogP contribution in [0.3, 0.4) is 0 Å². The number of nitrogens with zero attached hydrogens (tertiary/aromatic N) is 1. The van der Waals surface area contributed by atoms with Crippen molar-refractivity contribution in [2.75, 3.05) is 0 Å². The predicted molar refractivity (Wildman–Crippen MR) is 67.7 cm³/mol. The minimum atomic E-state index is -0.597. The van der Waals surface area contributed by atoms with Gasteiger partial charge in [0.25, 0.3) is 0 Å². The van der Waals surface area contributed by atoms with Crippen LogP contribution in [0.2, 0.25) is 10.0 Å². The standard InChI is InChI=1S/C9H9BrCl2N2O2/c1-4(9(13)14-15)16-8-3-6(11)5(10)2-7(8)12/h2-4,15H,1H3,(H2,13,14). The van der Waals surface area contributed by atoms with Gasteiger partial charge in [-0.3, -0.25) is 0 Å². The molecule has 0 aliphatic carbocycles. The summed E-state index contributed by atoms with van der Waals surface area (Å²) in [6, 6.07) is 3.16. The SMILES string of the molecule is CC(Oc1cc(Cl)c(Br)cc1Cl)/C(N)=N/O. The molecule has 0 radical (unpaired) electrons. The molecule has 1 rings (SSSR count). The molecule has 0 aliphatic rings. The second-order valence-corrected chi connectivity index (χ2v) is 4.65. The molecule has 1 unspecified atom stereocenters. The van der Waals surface area contributed by atoms with Crippen molar-refractivity contribution in [2.24, 2.45) is 10.9 Å². The third-order valence-corrected chi connectivity index (χ3v) is 3.30. The lowest BCUT2D eigenvalue weighted by Gasteiger charge is -2.14. The van der Waals surface area contributed by atoms with Crippen LogP contribution in [-0.2, 0) is 0 Å². The van der Waals surface area contributed by atoms with Gasteiger partial charge in [-0.1, -0.05) is 28.4 Å². The molecule has 3 N–H and O–H groups in total. The van der Waals surface area contributed by atoms with Gasteiger partial charge in [-0.05, 0) is 28.9 Å². The molecule has 0 saturated carbocycles. The van der Waals surface area contributed by atoms with E-state index in [2.05, 4.69) is 21.1 Å². The summed E-state index contributed by atoms with van der Waals surface area (Å²) in [5, 5.41) is 12.2. The van der Waals surface area contributed by atoms with Crippen LogP contribution in [0.1, 0.15) is 6.92 Å². The summed E-state index contributed by atoms with van der Waals surface area (Å²) in [6.45, 7) is 1.63. The third-order valence-electron chi connectivity index (χ3n) is 1.81. The van der Waals surface area contributed by atoms with Crippen LogP contribution in [-0.4, -0.2) is 17.1 Å². The van der Waals surface area contributed by atoms with E-state index in [0.29, 0.717) is 20.3 Å². The molecule has 0 spiro atoms. The largest absolute Gasteiger partial charge is 0.481 e. The molecule has 0 heterocycles. The zero-order chi connectivity index (χ0) is 12.3. The fourth-order valence-corrected chi connectivity index (χ4v) is 1.76. The van der Waals surface area contributed by atoms with Gasteiger partial charge in [-0.25, -0.2) is 0 Å². The highest BCUT2D eigenvalue weighted by Gasteiger charge is 2.13. The number of rotatable bonds is 3. The van der Waals surface area contributed by atoms with Crippen molar-refractivity contribution in [3.63, 3.8) is 0 Å². The van der Waals surface area contributed by atoms with E-state index in [0.717, 1.165) is 0 Å². The highest BCUT2D eigenvalue weighted by molar-refractivity contribution is 9.10. The molecule has 4 nitrogen and oxygen atoms in total. The van der Waals surface area contributed by atoms with Crippen molar-refractivity contribution >= 4 is 45.0 Å². The van der Waals surface area contributed by atoms with Gasteiger partial charge in [-0.15, -0.1) is 0 Å². The fourth-order valence-electron chi connectivity index (χ4n) is 0.927. The Morgan fingerprint density at radius 1 is 1.50 bits per heavy atom. The van der Waals surface area contributed by atoms with Crippen LogP contribution in [0.25, 0.3) is 0 Å². The highest BCUT2D eigenvalue weighted by atomic mass is 79.9. The Bertz CT molecular complexity index is 426. The van der Waals surface area contributed by atoms with E-state index < -0.39 is 6.10 Å². The Morgan fingerprint density at radius 3 is 2.69 bits per heavy atom. The molecule has 0 fully saturated rings. The predicted octanol–water partition coefficient (Wildman–Crippen LogP) is 3.27. The van der Waals surface area contributed by atoms with Gasteiger partial charge >= 0.3 is 0 Å². The Morgan fingerprint density at radius 2 is 2.12 bits per heavy atom. The van der Waals surface area contributed by atoms with E-state index in [1.807, 2.05) is 0 Å². The van der Waals surface area contributed by atoms with E-state index in [1.54, 1.807) is 19.1 Å². The van der Waals surface area contributed by atoms with Gasteiger partial charge in [0.2, 0.25) is 0 Å². The maximum Gasteiger partial charge on any atom is 0.180 e. The number of halogens is 3. The number of hydrogen-bond acceptors (Lipinski definition) is 3. The smallest absolute Gasteiger partial charge is 0.180 e. The summed E-state index contributed by atoms with van der Waals surface area (Å²) in [5.74, 6) is 0.323. The van der Waals surface area contributed by atoms with Crippen molar-refractivity contribution in [1.29, 1.82) is 0 Å². The average Bonchev–Trinajstić information content (AvgIpc) is 2.24. The van der Waals surface area contributed by atoms with E-state index in [1.165, 1.54) is 0 Å². The summed E-state index contributed by atoms with van der Waals surface area (Å²) in [5.41, 5.74) is 5.37. The van der Waals surface area contributed by atoms with Crippen LogP contribution in [0, 0.1) is 0 Å². The van der Waals surface area contributed by atoms with Crippen LogP contribution in [0.15, 0.2) is 21.8 Å². The van der Waals surface area contributed by atoms with Crippen molar-refractivity contribution in [3.8, 4) is 5.75 Å². The summed E-state index contributed by atoms with van der Waals surface area (Å²) in [4.78, 5) is 0. The maximum absolute atomic E-state index is 8.47. The van der Waals surface area contributed by atoms with Crippen molar-refractivity contribution in [1.82, 2.24) is 0 Å². The first-order valence-corrected chi connectivity index (χ1v) is 5.79. The molecule has 0 aromatic heterocycles. The zero-order valence-corrected chi connectivity index (χ0v) is 11.3. The molecule has 88 valence electrons. The summed E-state index contributed by atoms with van der Waals surface area (Å²) >= 11 is 15.1. The second-order valence-electron chi connectivity index (χ2n) is 2.98. The van der Waals surface area contributed by atoms with E-state index in [4.69, 9.17) is 38.9 Å². The molecule has 1 aromatic rings. The first-order chi connectivity index (χ1) is 7.45. The molecular formula is C9H9BrCl2N2O2. The summed E-state index contributed by atoms with van der Waals surface area (Å²) in [7, 11) is 0. The lowest BCUT2D eigenvalue weighted by atomic mass is 10.3. The number of hydrogen-bond donors (Lipinski definition) is 2. The number of oxime groups is 1. The number of nitrogens with two attached hydrogens (primary N) is 1. The van der Waals surface area contributed by atoms with Gasteiger partial charge in [0.15, 0.2) is 11.9 Å². The Labute approximate surface area is 111 Å². The molecule has 0 amide bonds. The molecule has 1 atom stereocenters. The second kappa shape index (κ2) is 5.61. The number of ether oxygens (including phenoxy) is 1. The van der Waals surface area contributed by atoms with Gasteiger partial charge in [0.1, 0.15) is 5.75 Å². The van der Waals surface area contributed by atoms with Crippen molar-refractivity contribution in [3.05, 3.63) is 26.7 Å². The molecule has 1 aromatic carbocycles. The molecule has 0 saturated heterocycles. The van der Waals surface area contributed by atoms with E-state index in [9.17, 15) is 0 Å². The topological polar surface area (TPSA) is 67.8 Å². The fraction of sp³-hybridized carbons (Fsp3) is 0.222. The summed E-state index contributed by atoms with van der Waals surface area (Å²) in [6.07, 6.45) is -0.597. The lowest BCUT2D eigenvalue weighted by molar-refractivity contribution is 0.266. The molecule has 16 heavy (non-hydrogen) atoms. The van der Waals surface area contributed by atoms with Crippen LogP contribution >= 0.6 is 39.1 Å². The van der Waals surface area contributed by atoms with E-state index >= 15 is 0 Å². The Balaban J connectivity index is 2.94. The van der Waals surface area contributed by atoms with Gasteiger partial charge in [-0.2, -0.15) is 0 Å². The van der Waals surface area contributed by atoms with Crippen molar-refractivity contribution < 1.29 is 9.94 Å². The normalized spacial score (nSPS) is 13.6. The van der Waals surface area contributed by atoms with Gasteiger partial charge in [0, 0.05) is 10.5 Å². The zero-order valence-electron chi connectivity index (χ0n) is 8.25. The first kappa shape index (κ1) is 13.4. The first-order valence-electron chi connectivity index (χ1n) is 4.24. The molecule has 7 heteroatoms. The quantitative estimate of drug-likeness (QED) is 0.294. The average molecular weight is 328 g/mol. The highest BCUT2D eigenvalue weighted by Crippen LogP contribution is 2.34. The van der Waals surface area contributed by atoms with Gasteiger partial charge in [0.05, 0.1) is 10.0 Å². The van der Waals surface area contributed by atoms with Crippen LogP contribution < -0.4 is 10.5 Å². The van der Waals surface area contributed by atoms with Crippen LogP contribution in [0.4, 0.5) is 0 Å². The molecule has 0 bridgehead atoms. The summed E-state index contributed by atoms with van der Waals surface area (Å²) < 4.78 is 6.05. The molecular weight excluding hydrogens is 319 g/mol. The Kier molecular flexibility index (Phi) is 4.70. The minimum absolute atomic E-state index is 0.0462. The lowest BCUT2D eigenvalue weighted by Crippen LogP contribution is -2.31. The van der Waals surface area contributed by atoms with Gasteiger partial charge < -0.3 is 15.7 Å². The Hall–Kier alpha value is -0.650. The van der Waals surface area contributed by atoms with E-state index in [-0.39, 0.29) is 5.84 Å². The minimum Gasteiger partial charge on any atom is -0.481 e. The maximum atomic E-state index is 8.47. The number of benzene rings is 1. The monoisotopic (exact) mass is 326 g/mol. The molecule has 0 aliphatic heterocycles. The third kappa shape index (κ3) is 3.17. The number of amidine groups is 1. The van der Waals surface area contributed by atoms with Crippen LogP contribution in [0.5, 0.6) is 5.75 Å². The van der Waals surface area contributed by atoms with Crippen molar-refractivity contribution in [2.45, 2.75) is 13.0 Å².